The van der Waals surface area contributed by atoms with Gasteiger partial charge in [-0.15, -0.1) is 24.0 Å². The minimum atomic E-state index is 0.415. The van der Waals surface area contributed by atoms with Crippen LogP contribution in [0.5, 0.6) is 0 Å². The highest BCUT2D eigenvalue weighted by atomic mass is 32.1. The van der Waals surface area contributed by atoms with Gasteiger partial charge in [0.25, 0.3) is 0 Å². The lowest BCUT2D eigenvalue weighted by Gasteiger charge is -1.93. The number of hydrogen-bond acceptors (Lipinski definition) is 4. The summed E-state index contributed by atoms with van der Waals surface area (Å²) in [6, 6.07) is 7.86. The molecule has 0 atom stereocenters. The summed E-state index contributed by atoms with van der Waals surface area (Å²) in [6.45, 7) is 0. The Kier molecular flexibility index (Phi) is 2.36. The van der Waals surface area contributed by atoms with Crippen LogP contribution in [0, 0.1) is 11.3 Å². The maximum atomic E-state index is 8.62. The van der Waals surface area contributed by atoms with Crippen molar-refractivity contribution >= 4 is 39.7 Å². The fourth-order valence-electron chi connectivity index (χ4n) is 1.34. The number of nitrogen functional groups attached to an aromatic ring is 1. The van der Waals surface area contributed by atoms with Gasteiger partial charge in [-0.1, -0.05) is 0 Å². The number of hydrogen-bond donors (Lipinski definition) is 2. The van der Waals surface area contributed by atoms with Crippen LogP contribution in [0.3, 0.4) is 0 Å². The maximum Gasteiger partial charge on any atom is 0.0707 e. The Morgan fingerprint density at radius 2 is 2.29 bits per heavy atom. The topological polar surface area (TPSA) is 49.8 Å². The number of rotatable bonds is 1. The van der Waals surface area contributed by atoms with E-state index < -0.39 is 0 Å². The first-order valence-corrected chi connectivity index (χ1v) is 5.35. The zero-order chi connectivity index (χ0) is 10.1. The van der Waals surface area contributed by atoms with Crippen LogP contribution in [0.25, 0.3) is 10.1 Å². The van der Waals surface area contributed by atoms with Crippen molar-refractivity contribution in [3.63, 3.8) is 0 Å². The second-order valence-corrected chi connectivity index (χ2v) is 4.55. The number of nitrogens with two attached hydrogens (primary N) is 1. The maximum absolute atomic E-state index is 8.62. The zero-order valence-corrected chi connectivity index (χ0v) is 9.03. The molecule has 70 valence electrons. The lowest BCUT2D eigenvalue weighted by Crippen LogP contribution is -1.81. The van der Waals surface area contributed by atoms with Crippen molar-refractivity contribution in [2.24, 2.45) is 0 Å². The molecule has 1 heterocycles. The van der Waals surface area contributed by atoms with Gasteiger partial charge in [-0.2, -0.15) is 5.26 Å². The largest absolute Gasteiger partial charge is 0.399 e. The molecular weight excluding hydrogens is 212 g/mol. The number of nitriles is 1. The Bertz CT molecular complexity index is 523. The van der Waals surface area contributed by atoms with Crippen LogP contribution in [0.1, 0.15) is 4.88 Å². The summed E-state index contributed by atoms with van der Waals surface area (Å²) in [4.78, 5) is 1.90. The first-order chi connectivity index (χ1) is 6.72. The van der Waals surface area contributed by atoms with Crippen LogP contribution in [0.4, 0.5) is 5.69 Å². The molecule has 0 aliphatic rings. The minimum Gasteiger partial charge on any atom is -0.399 e. The number of nitrogens with zero attached hydrogens (tertiary/aromatic N) is 1. The third-order valence-corrected chi connectivity index (χ3v) is 3.83. The van der Waals surface area contributed by atoms with E-state index >= 15 is 0 Å². The standard InChI is InChI=1S/C10H8N2S2/c11-4-3-9-10(13)7-5-6(12)1-2-8(7)14-9/h1-2,5,13H,3,12H2. The Labute approximate surface area is 91.4 Å². The summed E-state index contributed by atoms with van der Waals surface area (Å²) in [6.07, 6.45) is 0.415. The highest BCUT2D eigenvalue weighted by molar-refractivity contribution is 7.80. The van der Waals surface area contributed by atoms with E-state index in [1.807, 2.05) is 18.2 Å². The average molecular weight is 220 g/mol. The molecule has 1 aromatic heterocycles. The van der Waals surface area contributed by atoms with Gasteiger partial charge in [-0.05, 0) is 18.2 Å². The fourth-order valence-corrected chi connectivity index (χ4v) is 2.84. The normalized spacial score (nSPS) is 10.3. The molecule has 0 bridgehead atoms. The van der Waals surface area contributed by atoms with Crippen molar-refractivity contribution in [3.05, 3.63) is 23.1 Å². The molecule has 0 spiro atoms. The van der Waals surface area contributed by atoms with Gasteiger partial charge in [0.1, 0.15) is 0 Å². The molecule has 2 nitrogen and oxygen atoms in total. The van der Waals surface area contributed by atoms with Crippen molar-refractivity contribution in [1.82, 2.24) is 0 Å². The van der Waals surface area contributed by atoms with Gasteiger partial charge in [-0.25, -0.2) is 0 Å². The monoisotopic (exact) mass is 220 g/mol. The van der Waals surface area contributed by atoms with Gasteiger partial charge in [-0.3, -0.25) is 0 Å². The molecule has 4 heteroatoms. The van der Waals surface area contributed by atoms with Crippen molar-refractivity contribution in [1.29, 1.82) is 5.26 Å². The molecule has 0 fully saturated rings. The van der Waals surface area contributed by atoms with Gasteiger partial charge >= 0.3 is 0 Å². The Morgan fingerprint density at radius 1 is 1.50 bits per heavy atom. The predicted molar refractivity (Wildman–Crippen MR) is 62.8 cm³/mol. The summed E-state index contributed by atoms with van der Waals surface area (Å²) in [5.41, 5.74) is 6.41. The predicted octanol–water partition coefficient (Wildman–Crippen LogP) is 2.84. The number of thiophene rings is 1. The van der Waals surface area contributed by atoms with E-state index in [0.717, 1.165) is 25.5 Å². The second kappa shape index (κ2) is 3.52. The average Bonchev–Trinajstić information content (AvgIpc) is 2.46. The smallest absolute Gasteiger partial charge is 0.0707 e. The summed E-state index contributed by atoms with van der Waals surface area (Å²) >= 11 is 6.00. The fraction of sp³-hybridized carbons (Fsp3) is 0.100. The van der Waals surface area contributed by atoms with Gasteiger partial charge in [0, 0.05) is 25.5 Å². The van der Waals surface area contributed by atoms with Crippen molar-refractivity contribution in [3.8, 4) is 6.07 Å². The Balaban J connectivity index is 2.69. The first-order valence-electron chi connectivity index (χ1n) is 4.09. The van der Waals surface area contributed by atoms with E-state index in [-0.39, 0.29) is 0 Å². The van der Waals surface area contributed by atoms with E-state index in [0.29, 0.717) is 6.42 Å². The zero-order valence-electron chi connectivity index (χ0n) is 7.32. The van der Waals surface area contributed by atoms with Gasteiger partial charge in [0.05, 0.1) is 12.5 Å². The molecule has 14 heavy (non-hydrogen) atoms. The molecule has 0 amide bonds. The molecular formula is C10H8N2S2. The third-order valence-electron chi connectivity index (χ3n) is 2.00. The van der Waals surface area contributed by atoms with Crippen molar-refractivity contribution in [2.75, 3.05) is 5.73 Å². The second-order valence-electron chi connectivity index (χ2n) is 2.96. The molecule has 0 saturated heterocycles. The summed E-state index contributed by atoms with van der Waals surface area (Å²) in [5, 5.41) is 9.67. The number of anilines is 1. The van der Waals surface area contributed by atoms with E-state index in [2.05, 4.69) is 18.7 Å². The van der Waals surface area contributed by atoms with E-state index in [1.165, 1.54) is 0 Å². The molecule has 1 aromatic carbocycles. The quantitative estimate of drug-likeness (QED) is 0.573. The van der Waals surface area contributed by atoms with Gasteiger partial charge in [0.15, 0.2) is 0 Å². The number of fused-ring (bicyclic) bond motifs is 1. The van der Waals surface area contributed by atoms with Gasteiger partial charge in [0.2, 0.25) is 0 Å². The SMILES string of the molecule is N#CCc1sc2ccc(N)cc2c1S. The van der Waals surface area contributed by atoms with Crippen LogP contribution < -0.4 is 5.73 Å². The van der Waals surface area contributed by atoms with Crippen LogP contribution in [0.15, 0.2) is 23.1 Å². The van der Waals surface area contributed by atoms with Gasteiger partial charge < -0.3 is 5.73 Å². The van der Waals surface area contributed by atoms with E-state index in [9.17, 15) is 0 Å². The lowest BCUT2D eigenvalue weighted by atomic mass is 10.2. The van der Waals surface area contributed by atoms with Crippen molar-refractivity contribution in [2.45, 2.75) is 11.3 Å². The number of benzene rings is 1. The van der Waals surface area contributed by atoms with Crippen molar-refractivity contribution < 1.29 is 0 Å². The van der Waals surface area contributed by atoms with E-state index in [1.54, 1.807) is 11.3 Å². The van der Waals surface area contributed by atoms with Crippen LogP contribution in [-0.4, -0.2) is 0 Å². The minimum absolute atomic E-state index is 0.415. The highest BCUT2D eigenvalue weighted by Gasteiger charge is 2.08. The summed E-state index contributed by atoms with van der Waals surface area (Å²) < 4.78 is 1.13. The number of thiol groups is 1. The lowest BCUT2D eigenvalue weighted by molar-refractivity contribution is 1.27. The summed E-state index contributed by atoms with van der Waals surface area (Å²) in [5.74, 6) is 0. The van der Waals surface area contributed by atoms with Crippen LogP contribution >= 0.6 is 24.0 Å². The molecule has 0 aliphatic carbocycles. The molecule has 0 saturated carbocycles. The molecule has 2 N–H and O–H groups in total. The van der Waals surface area contributed by atoms with Crippen LogP contribution in [-0.2, 0) is 6.42 Å². The van der Waals surface area contributed by atoms with E-state index in [4.69, 9.17) is 11.0 Å². The Hall–Kier alpha value is -1.18. The molecule has 0 unspecified atom stereocenters. The molecule has 0 aliphatic heterocycles. The molecule has 0 radical (unpaired) electrons. The van der Waals surface area contributed by atoms with Crippen LogP contribution in [0.2, 0.25) is 0 Å². The highest BCUT2D eigenvalue weighted by Crippen LogP contribution is 2.35. The first kappa shape index (κ1) is 9.38. The third kappa shape index (κ3) is 1.45. The molecule has 2 rings (SSSR count). The summed E-state index contributed by atoms with van der Waals surface area (Å²) in [7, 11) is 0. The molecule has 2 aromatic rings. The Morgan fingerprint density at radius 3 is 3.00 bits per heavy atom.